The number of nitrogens with zero attached hydrogens (tertiary/aromatic N) is 2. The molecule has 100 valence electrons. The highest BCUT2D eigenvalue weighted by atomic mass is 16.5. The van der Waals surface area contributed by atoms with Gasteiger partial charge in [-0.3, -0.25) is 4.57 Å². The van der Waals surface area contributed by atoms with Crippen molar-refractivity contribution in [2.75, 3.05) is 7.11 Å². The van der Waals surface area contributed by atoms with Gasteiger partial charge in [0.2, 0.25) is 0 Å². The smallest absolute Gasteiger partial charge is 0.144 e. The van der Waals surface area contributed by atoms with E-state index in [-0.39, 0.29) is 0 Å². The summed E-state index contributed by atoms with van der Waals surface area (Å²) in [6.07, 6.45) is 4.35. The van der Waals surface area contributed by atoms with Gasteiger partial charge < -0.3 is 4.74 Å². The van der Waals surface area contributed by atoms with E-state index in [9.17, 15) is 0 Å². The molecule has 0 bridgehead atoms. The third-order valence-electron chi connectivity index (χ3n) is 3.89. The zero-order valence-corrected chi connectivity index (χ0v) is 11.4. The van der Waals surface area contributed by atoms with Crippen LogP contribution in [0.2, 0.25) is 0 Å². The van der Waals surface area contributed by atoms with Gasteiger partial charge in [0, 0.05) is 16.8 Å². The molecule has 0 radical (unpaired) electrons. The maximum atomic E-state index is 5.28. The minimum absolute atomic E-state index is 0.676. The molecule has 1 aromatic carbocycles. The van der Waals surface area contributed by atoms with Crippen LogP contribution in [0.15, 0.2) is 48.7 Å². The monoisotopic (exact) mass is 264 g/mol. The number of ether oxygens (including phenoxy) is 1. The van der Waals surface area contributed by atoms with Crippen LogP contribution >= 0.6 is 0 Å². The van der Waals surface area contributed by atoms with Crippen LogP contribution in [0.4, 0.5) is 0 Å². The van der Waals surface area contributed by atoms with Gasteiger partial charge in [0.15, 0.2) is 0 Å². The van der Waals surface area contributed by atoms with E-state index in [4.69, 9.17) is 4.74 Å². The summed E-state index contributed by atoms with van der Waals surface area (Å²) in [6.45, 7) is 0. The normalized spacial score (nSPS) is 14.7. The van der Waals surface area contributed by atoms with E-state index in [1.165, 1.54) is 24.2 Å². The summed E-state index contributed by atoms with van der Waals surface area (Å²) >= 11 is 0. The number of hydrogen-bond acceptors (Lipinski definition) is 2. The van der Waals surface area contributed by atoms with Gasteiger partial charge in [-0.1, -0.05) is 18.2 Å². The molecule has 0 unspecified atom stereocenters. The predicted molar refractivity (Wildman–Crippen MR) is 79.6 cm³/mol. The molecule has 0 atom stereocenters. The Morgan fingerprint density at radius 3 is 2.65 bits per heavy atom. The molecule has 1 aliphatic rings. The molecule has 0 aliphatic heterocycles. The fraction of sp³-hybridized carbons (Fsp3) is 0.235. The van der Waals surface area contributed by atoms with Crippen LogP contribution < -0.4 is 4.74 Å². The van der Waals surface area contributed by atoms with Crippen LogP contribution in [-0.2, 0) is 0 Å². The average molecular weight is 264 g/mol. The van der Waals surface area contributed by atoms with Crippen LogP contribution in [0.3, 0.4) is 0 Å². The van der Waals surface area contributed by atoms with E-state index < -0.39 is 0 Å². The Kier molecular flexibility index (Phi) is 2.52. The van der Waals surface area contributed by atoms with E-state index >= 15 is 0 Å². The summed E-state index contributed by atoms with van der Waals surface area (Å²) in [5.41, 5.74) is 3.56. The molecule has 0 N–H and O–H groups in total. The highest BCUT2D eigenvalue weighted by Crippen LogP contribution is 2.43. The van der Waals surface area contributed by atoms with Crippen molar-refractivity contribution >= 4 is 11.0 Å². The summed E-state index contributed by atoms with van der Waals surface area (Å²) in [5.74, 6) is 1.49. The molecule has 0 spiro atoms. The van der Waals surface area contributed by atoms with Gasteiger partial charge in [-0.05, 0) is 43.0 Å². The maximum absolute atomic E-state index is 5.28. The highest BCUT2D eigenvalue weighted by Gasteiger charge is 2.28. The molecule has 3 aromatic rings. The van der Waals surface area contributed by atoms with Crippen molar-refractivity contribution in [3.63, 3.8) is 0 Å². The molecule has 1 fully saturated rings. The van der Waals surface area contributed by atoms with Crippen LogP contribution in [0.5, 0.6) is 5.75 Å². The molecule has 20 heavy (non-hydrogen) atoms. The zero-order valence-electron chi connectivity index (χ0n) is 11.4. The van der Waals surface area contributed by atoms with Crippen molar-refractivity contribution in [3.05, 3.63) is 54.4 Å². The first kappa shape index (κ1) is 11.5. The second-order valence-corrected chi connectivity index (χ2v) is 5.30. The lowest BCUT2D eigenvalue weighted by Gasteiger charge is -2.09. The number of aromatic nitrogens is 2. The maximum Gasteiger partial charge on any atom is 0.144 e. The minimum Gasteiger partial charge on any atom is -0.495 e. The molecular weight excluding hydrogens is 248 g/mol. The minimum atomic E-state index is 0.676. The fourth-order valence-corrected chi connectivity index (χ4v) is 2.73. The molecular formula is C17H16N2O. The molecule has 1 aliphatic carbocycles. The predicted octanol–water partition coefficient (Wildman–Crippen LogP) is 3.91. The fourth-order valence-electron chi connectivity index (χ4n) is 2.73. The molecule has 3 heteroatoms. The third-order valence-corrected chi connectivity index (χ3v) is 3.89. The Labute approximate surface area is 117 Å². The second kappa shape index (κ2) is 4.37. The van der Waals surface area contributed by atoms with Crippen LogP contribution in [-0.4, -0.2) is 16.7 Å². The van der Waals surface area contributed by atoms with Crippen molar-refractivity contribution in [2.24, 2.45) is 0 Å². The zero-order chi connectivity index (χ0) is 13.5. The van der Waals surface area contributed by atoms with Crippen molar-refractivity contribution in [1.82, 2.24) is 9.55 Å². The molecule has 2 aromatic heterocycles. The number of pyridine rings is 1. The second-order valence-electron chi connectivity index (χ2n) is 5.30. The number of hydrogen-bond donors (Lipinski definition) is 0. The topological polar surface area (TPSA) is 27.1 Å². The van der Waals surface area contributed by atoms with Crippen LogP contribution in [0.25, 0.3) is 16.7 Å². The molecule has 4 rings (SSSR count). The van der Waals surface area contributed by atoms with Crippen LogP contribution in [0, 0.1) is 0 Å². The SMILES string of the molecule is COc1cnc2c(c1)cc(C1CC1)n2-c1ccccc1. The van der Waals surface area contributed by atoms with Crippen molar-refractivity contribution in [1.29, 1.82) is 0 Å². The quantitative estimate of drug-likeness (QED) is 0.717. The first-order valence-corrected chi connectivity index (χ1v) is 6.97. The third kappa shape index (κ3) is 1.78. The average Bonchev–Trinajstić information content (AvgIpc) is 3.28. The number of rotatable bonds is 3. The van der Waals surface area contributed by atoms with E-state index in [1.54, 1.807) is 13.3 Å². The Hall–Kier alpha value is -2.29. The van der Waals surface area contributed by atoms with Gasteiger partial charge in [0.05, 0.1) is 13.3 Å². The Bertz CT molecular complexity index is 757. The lowest BCUT2D eigenvalue weighted by atomic mass is 10.2. The largest absolute Gasteiger partial charge is 0.495 e. The van der Waals surface area contributed by atoms with E-state index in [0.29, 0.717) is 5.92 Å². The summed E-state index contributed by atoms with van der Waals surface area (Å²) in [6, 6.07) is 14.8. The molecule has 1 saturated carbocycles. The molecule has 0 saturated heterocycles. The van der Waals surface area contributed by atoms with E-state index in [2.05, 4.69) is 45.9 Å². The number of methoxy groups -OCH3 is 1. The lowest BCUT2D eigenvalue weighted by Crippen LogP contribution is -1.99. The first-order valence-electron chi connectivity index (χ1n) is 6.97. The summed E-state index contributed by atoms with van der Waals surface area (Å²) in [4.78, 5) is 4.60. The number of benzene rings is 1. The number of fused-ring (bicyclic) bond motifs is 1. The lowest BCUT2D eigenvalue weighted by molar-refractivity contribution is 0.413. The summed E-state index contributed by atoms with van der Waals surface area (Å²) in [7, 11) is 1.68. The van der Waals surface area contributed by atoms with Crippen molar-refractivity contribution < 1.29 is 4.74 Å². The standard InChI is InChI=1S/C17H16N2O/c1-20-15-9-13-10-16(12-7-8-12)19(17(13)18-11-15)14-5-3-2-4-6-14/h2-6,9-12H,7-8H2,1H3. The first-order chi connectivity index (χ1) is 9.86. The van der Waals surface area contributed by atoms with Gasteiger partial charge in [-0.25, -0.2) is 4.98 Å². The van der Waals surface area contributed by atoms with E-state index in [1.807, 2.05) is 6.07 Å². The summed E-state index contributed by atoms with van der Waals surface area (Å²) in [5, 5.41) is 1.15. The number of para-hydroxylation sites is 1. The van der Waals surface area contributed by atoms with Gasteiger partial charge >= 0.3 is 0 Å². The molecule has 0 amide bonds. The summed E-state index contributed by atoms with van der Waals surface area (Å²) < 4.78 is 7.57. The van der Waals surface area contributed by atoms with Gasteiger partial charge in [-0.2, -0.15) is 0 Å². The Morgan fingerprint density at radius 2 is 1.95 bits per heavy atom. The van der Waals surface area contributed by atoms with E-state index in [0.717, 1.165) is 16.8 Å². The Balaban J connectivity index is 1.99. The van der Waals surface area contributed by atoms with Gasteiger partial charge in [-0.15, -0.1) is 0 Å². The molecule has 3 nitrogen and oxygen atoms in total. The highest BCUT2D eigenvalue weighted by molar-refractivity contribution is 5.81. The van der Waals surface area contributed by atoms with Crippen molar-refractivity contribution in [2.45, 2.75) is 18.8 Å². The van der Waals surface area contributed by atoms with Gasteiger partial charge in [0.25, 0.3) is 0 Å². The van der Waals surface area contributed by atoms with Crippen LogP contribution in [0.1, 0.15) is 24.5 Å². The Morgan fingerprint density at radius 1 is 1.15 bits per heavy atom. The molecule has 2 heterocycles. The van der Waals surface area contributed by atoms with Crippen molar-refractivity contribution in [3.8, 4) is 11.4 Å². The van der Waals surface area contributed by atoms with Gasteiger partial charge in [0.1, 0.15) is 11.4 Å².